The number of benzene rings is 2. The lowest BCUT2D eigenvalue weighted by atomic mass is 10.2. The zero-order valence-corrected chi connectivity index (χ0v) is 26.0. The first kappa shape index (κ1) is 32.9. The number of aromatic amines is 2. The smallest absolute Gasteiger partial charge is 0.376 e. The lowest BCUT2D eigenvalue weighted by molar-refractivity contribution is -0.145. The summed E-state index contributed by atoms with van der Waals surface area (Å²) in [5, 5.41) is 0. The molecule has 0 unspecified atom stereocenters. The van der Waals surface area contributed by atoms with E-state index in [1.807, 2.05) is 60.7 Å². The first-order chi connectivity index (χ1) is 23.2. The van der Waals surface area contributed by atoms with Crippen LogP contribution in [0.3, 0.4) is 0 Å². The summed E-state index contributed by atoms with van der Waals surface area (Å²) >= 11 is 0. The molecule has 48 heavy (non-hydrogen) atoms. The van der Waals surface area contributed by atoms with Gasteiger partial charge in [-0.1, -0.05) is 60.7 Å². The average molecular weight is 657 g/mol. The van der Waals surface area contributed by atoms with E-state index in [1.54, 1.807) is 13.8 Å². The molecule has 0 radical (unpaired) electrons. The fourth-order valence-corrected chi connectivity index (χ4v) is 4.59. The standard InChI is InChI=1S/C16H17N5O4.C15H15N5O3/c1-2-24-11(22)9-25-15-19-13(17)12-14(20-15)21(16(23)18-12)8-10-6-4-3-5-7-10;1-2-23-14(21)12-18-11(16)10-13(19-12)20(15(22)17-10)8-9-6-4-3-5-7-9/h3-7H,2,8-9H2,1H3,(H,18,23)(H2,17,19,20);3-7H,2,8H2,1H3,(H,17,22)(H2,16,18,19). The number of imidazole rings is 2. The van der Waals surface area contributed by atoms with E-state index < -0.39 is 11.9 Å². The summed E-state index contributed by atoms with van der Waals surface area (Å²) in [7, 11) is 0. The fourth-order valence-electron chi connectivity index (χ4n) is 4.59. The van der Waals surface area contributed by atoms with Crippen molar-refractivity contribution in [1.82, 2.24) is 39.0 Å². The summed E-state index contributed by atoms with van der Waals surface area (Å²) in [4.78, 5) is 69.0. The molecule has 17 heteroatoms. The Hall–Kier alpha value is -6.52. The number of carbonyl (C=O) groups excluding carboxylic acids is 2. The van der Waals surface area contributed by atoms with Gasteiger partial charge in [0, 0.05) is 0 Å². The molecule has 6 aromatic rings. The second kappa shape index (κ2) is 14.7. The highest BCUT2D eigenvalue weighted by atomic mass is 16.6. The van der Waals surface area contributed by atoms with E-state index in [0.717, 1.165) is 11.1 Å². The predicted octanol–water partition coefficient (Wildman–Crippen LogP) is 1.62. The maximum absolute atomic E-state index is 12.2. The molecule has 4 aromatic heterocycles. The molecule has 0 spiro atoms. The second-order valence-corrected chi connectivity index (χ2v) is 10.0. The minimum atomic E-state index is -0.680. The third-order valence-electron chi connectivity index (χ3n) is 6.73. The van der Waals surface area contributed by atoms with Crippen LogP contribution in [0.25, 0.3) is 22.3 Å². The van der Waals surface area contributed by atoms with Gasteiger partial charge in [-0.15, -0.1) is 0 Å². The first-order valence-corrected chi connectivity index (χ1v) is 14.7. The topological polar surface area (TPSA) is 241 Å². The van der Waals surface area contributed by atoms with Gasteiger partial charge in [-0.2, -0.15) is 9.97 Å². The van der Waals surface area contributed by atoms with Crippen molar-refractivity contribution >= 4 is 45.9 Å². The van der Waals surface area contributed by atoms with Gasteiger partial charge in [0.15, 0.2) is 29.5 Å². The monoisotopic (exact) mass is 656 g/mol. The maximum Gasteiger partial charge on any atom is 0.376 e. The number of hydrogen-bond donors (Lipinski definition) is 4. The molecule has 17 nitrogen and oxygen atoms in total. The molecule has 0 aliphatic heterocycles. The van der Waals surface area contributed by atoms with Gasteiger partial charge < -0.3 is 35.6 Å². The van der Waals surface area contributed by atoms with Crippen molar-refractivity contribution in [1.29, 1.82) is 0 Å². The van der Waals surface area contributed by atoms with E-state index in [2.05, 4.69) is 29.9 Å². The van der Waals surface area contributed by atoms with E-state index in [0.29, 0.717) is 29.8 Å². The van der Waals surface area contributed by atoms with E-state index in [1.165, 1.54) is 9.13 Å². The van der Waals surface area contributed by atoms with Crippen LogP contribution in [0.15, 0.2) is 70.3 Å². The molecular weight excluding hydrogens is 624 g/mol. The van der Waals surface area contributed by atoms with Crippen LogP contribution < -0.4 is 27.6 Å². The van der Waals surface area contributed by atoms with Crippen molar-refractivity contribution in [3.63, 3.8) is 0 Å². The number of nitrogens with one attached hydrogen (secondary N) is 2. The van der Waals surface area contributed by atoms with E-state index in [-0.39, 0.29) is 60.3 Å². The first-order valence-electron chi connectivity index (χ1n) is 14.7. The number of esters is 2. The molecule has 0 saturated heterocycles. The van der Waals surface area contributed by atoms with Crippen LogP contribution >= 0.6 is 0 Å². The van der Waals surface area contributed by atoms with Gasteiger partial charge in [0.1, 0.15) is 11.0 Å². The van der Waals surface area contributed by atoms with Gasteiger partial charge in [-0.3, -0.25) is 9.13 Å². The molecule has 0 aliphatic rings. The van der Waals surface area contributed by atoms with Crippen LogP contribution in [0.5, 0.6) is 6.01 Å². The van der Waals surface area contributed by atoms with Gasteiger partial charge in [0.05, 0.1) is 26.3 Å². The van der Waals surface area contributed by atoms with E-state index in [4.69, 9.17) is 25.7 Å². The number of nitrogen functional groups attached to an aromatic ring is 2. The number of nitrogens with zero attached hydrogens (tertiary/aromatic N) is 6. The van der Waals surface area contributed by atoms with Gasteiger partial charge in [0.2, 0.25) is 5.82 Å². The maximum atomic E-state index is 12.2. The van der Waals surface area contributed by atoms with Crippen LogP contribution in [0.4, 0.5) is 11.6 Å². The predicted molar refractivity (Wildman–Crippen MR) is 174 cm³/mol. The Morgan fingerprint density at radius 3 is 1.73 bits per heavy atom. The third-order valence-corrected chi connectivity index (χ3v) is 6.73. The molecule has 0 amide bonds. The number of aromatic nitrogens is 8. The van der Waals surface area contributed by atoms with Crippen LogP contribution in [0.2, 0.25) is 0 Å². The van der Waals surface area contributed by atoms with Crippen molar-refractivity contribution in [3.05, 3.63) is 98.6 Å². The van der Waals surface area contributed by atoms with Crippen molar-refractivity contribution in [3.8, 4) is 6.01 Å². The Labute approximate surface area is 271 Å². The summed E-state index contributed by atoms with van der Waals surface area (Å²) in [5.41, 5.74) is 14.0. The van der Waals surface area contributed by atoms with Crippen LogP contribution in [0.1, 0.15) is 35.6 Å². The average Bonchev–Trinajstić information content (AvgIpc) is 3.57. The number of ether oxygens (including phenoxy) is 3. The summed E-state index contributed by atoms with van der Waals surface area (Å²) in [5.74, 6) is -1.30. The third kappa shape index (κ3) is 7.47. The summed E-state index contributed by atoms with van der Waals surface area (Å²) < 4.78 is 17.7. The molecule has 6 N–H and O–H groups in total. The number of nitrogens with two attached hydrogens (primary N) is 2. The molecule has 0 atom stereocenters. The molecule has 4 heterocycles. The molecule has 6 rings (SSSR count). The largest absolute Gasteiger partial charge is 0.463 e. The highest BCUT2D eigenvalue weighted by Gasteiger charge is 2.19. The van der Waals surface area contributed by atoms with Crippen molar-refractivity contribution < 1.29 is 23.8 Å². The normalized spacial score (nSPS) is 10.8. The lowest BCUT2D eigenvalue weighted by Gasteiger charge is -2.07. The second-order valence-electron chi connectivity index (χ2n) is 10.0. The minimum Gasteiger partial charge on any atom is -0.463 e. The number of fused-ring (bicyclic) bond motifs is 2. The number of H-pyrrole nitrogens is 2. The number of carbonyl (C=O) groups is 2. The lowest BCUT2D eigenvalue weighted by Crippen LogP contribution is -2.18. The van der Waals surface area contributed by atoms with Crippen molar-refractivity contribution in [2.45, 2.75) is 26.9 Å². The molecule has 248 valence electrons. The van der Waals surface area contributed by atoms with E-state index >= 15 is 0 Å². The van der Waals surface area contributed by atoms with Crippen molar-refractivity contribution in [2.75, 3.05) is 31.3 Å². The number of hydrogen-bond acceptors (Lipinski definition) is 13. The molecule has 0 aliphatic carbocycles. The van der Waals surface area contributed by atoms with Gasteiger partial charge in [-0.05, 0) is 25.0 Å². The Morgan fingerprint density at radius 2 is 1.21 bits per heavy atom. The fraction of sp³-hybridized carbons (Fsp3) is 0.226. The SMILES string of the molecule is CCOC(=O)COc1nc(N)c2[nH]c(=O)n(Cc3ccccc3)c2n1.CCOC(=O)c1nc(N)c2[nH]c(=O)n(Cc3ccccc3)c2n1. The van der Waals surface area contributed by atoms with E-state index in [9.17, 15) is 19.2 Å². The summed E-state index contributed by atoms with van der Waals surface area (Å²) in [6.45, 7) is 4.10. The van der Waals surface area contributed by atoms with Crippen LogP contribution in [-0.2, 0) is 27.4 Å². The molecule has 2 aromatic carbocycles. The van der Waals surface area contributed by atoms with Crippen molar-refractivity contribution in [2.24, 2.45) is 0 Å². The zero-order chi connectivity index (χ0) is 34.2. The van der Waals surface area contributed by atoms with Crippen LogP contribution in [-0.4, -0.2) is 70.8 Å². The molecule has 0 fully saturated rings. The highest BCUT2D eigenvalue weighted by Crippen LogP contribution is 2.19. The van der Waals surface area contributed by atoms with Gasteiger partial charge >= 0.3 is 29.3 Å². The Morgan fingerprint density at radius 1 is 0.708 bits per heavy atom. The number of rotatable bonds is 10. The molecule has 0 saturated carbocycles. The van der Waals surface area contributed by atoms with Gasteiger partial charge in [-0.25, -0.2) is 29.1 Å². The zero-order valence-electron chi connectivity index (χ0n) is 26.0. The summed E-state index contributed by atoms with van der Waals surface area (Å²) in [6, 6.07) is 18.8. The molecular formula is C31H32N10O7. The summed E-state index contributed by atoms with van der Waals surface area (Å²) in [6.07, 6.45) is 0. The Balaban J connectivity index is 0.000000188. The number of anilines is 2. The highest BCUT2D eigenvalue weighted by molar-refractivity contribution is 5.90. The Bertz CT molecular complexity index is 2170. The molecule has 0 bridgehead atoms. The Kier molecular flexibility index (Phi) is 10.1. The quantitative estimate of drug-likeness (QED) is 0.153. The minimum absolute atomic E-state index is 0.0296. The van der Waals surface area contributed by atoms with Crippen LogP contribution in [0, 0.1) is 0 Å². The van der Waals surface area contributed by atoms with Gasteiger partial charge in [0.25, 0.3) is 0 Å².